The van der Waals surface area contributed by atoms with E-state index in [1.54, 1.807) is 0 Å². The van der Waals surface area contributed by atoms with Gasteiger partial charge in [-0.25, -0.2) is 8.78 Å². The van der Waals surface area contributed by atoms with Crippen LogP contribution in [0.1, 0.15) is 120 Å². The molecule has 2 heteroatoms. The van der Waals surface area contributed by atoms with Gasteiger partial charge in [-0.05, 0) is 143 Å². The molecule has 3 saturated carbocycles. The largest absolute Gasteiger partial charge is 0.203 e. The molecule has 0 nitrogen and oxygen atoms in total. The number of aryl methyl sites for hydroxylation is 1. The standard InChI is InChI=1S/C33H48F2/c1-3-5-6-7-9-24-10-12-25(13-11-24)26-14-16-27(17-15-26)28-18-20-29(21-19-28)31-23-22-30(8-4-2)32(34)33(31)35/h3,7,9,22-29H,1,4-6,8,10-21H2,2H3/b9-7+. The zero-order chi connectivity index (χ0) is 24.6. The third kappa shape index (κ3) is 6.86. The van der Waals surface area contributed by atoms with Crippen molar-refractivity contribution >= 4 is 0 Å². The predicted molar refractivity (Wildman–Crippen MR) is 145 cm³/mol. The molecule has 1 aromatic carbocycles. The molecule has 0 N–H and O–H groups in total. The second kappa shape index (κ2) is 13.2. The Morgan fingerprint density at radius 3 is 1.83 bits per heavy atom. The Morgan fingerprint density at radius 1 is 0.743 bits per heavy atom. The van der Waals surface area contributed by atoms with Crippen molar-refractivity contribution in [2.45, 2.75) is 116 Å². The molecule has 0 atom stereocenters. The number of hydrogen-bond donors (Lipinski definition) is 0. The van der Waals surface area contributed by atoms with Crippen molar-refractivity contribution in [3.05, 3.63) is 59.7 Å². The van der Waals surface area contributed by atoms with Crippen molar-refractivity contribution in [2.75, 3.05) is 0 Å². The highest BCUT2D eigenvalue weighted by Crippen LogP contribution is 2.47. The van der Waals surface area contributed by atoms with Gasteiger partial charge in [-0.2, -0.15) is 0 Å². The molecular formula is C33H48F2. The first-order chi connectivity index (χ1) is 17.1. The molecule has 3 aliphatic rings. The summed E-state index contributed by atoms with van der Waals surface area (Å²) in [6, 6.07) is 3.71. The van der Waals surface area contributed by atoms with Gasteiger partial charge in [0.2, 0.25) is 0 Å². The van der Waals surface area contributed by atoms with Gasteiger partial charge in [0, 0.05) is 0 Å². The molecule has 0 saturated heterocycles. The van der Waals surface area contributed by atoms with Gasteiger partial charge in [0.05, 0.1) is 0 Å². The fraction of sp³-hybridized carbons (Fsp3) is 0.697. The van der Waals surface area contributed by atoms with E-state index >= 15 is 0 Å². The Hall–Kier alpha value is -1.44. The Bertz CT molecular complexity index is 816. The fourth-order valence-electron chi connectivity index (χ4n) is 7.68. The minimum Gasteiger partial charge on any atom is -0.203 e. The van der Waals surface area contributed by atoms with Crippen molar-refractivity contribution in [3.8, 4) is 0 Å². The van der Waals surface area contributed by atoms with Crippen LogP contribution in [0.3, 0.4) is 0 Å². The lowest BCUT2D eigenvalue weighted by Gasteiger charge is -2.41. The molecule has 194 valence electrons. The van der Waals surface area contributed by atoms with Crippen LogP contribution in [-0.4, -0.2) is 0 Å². The molecule has 35 heavy (non-hydrogen) atoms. The minimum atomic E-state index is -0.595. The van der Waals surface area contributed by atoms with Crippen molar-refractivity contribution in [3.63, 3.8) is 0 Å². The van der Waals surface area contributed by atoms with Crippen LogP contribution >= 0.6 is 0 Å². The summed E-state index contributed by atoms with van der Waals surface area (Å²) in [6.45, 7) is 5.82. The van der Waals surface area contributed by atoms with Gasteiger partial charge in [-0.1, -0.05) is 43.7 Å². The summed E-state index contributed by atoms with van der Waals surface area (Å²) in [5.74, 6) is 3.42. The quantitative estimate of drug-likeness (QED) is 0.242. The Labute approximate surface area is 213 Å². The number of benzene rings is 1. The SMILES string of the molecule is C=CCC/C=C/C1CCC(C2CCC(C3CCC(c4ccc(CCC)c(F)c4F)CC3)CC2)CC1. The van der Waals surface area contributed by atoms with Crippen molar-refractivity contribution in [1.82, 2.24) is 0 Å². The first kappa shape index (κ1) is 26.6. The predicted octanol–water partition coefficient (Wildman–Crippen LogP) is 10.3. The maximum Gasteiger partial charge on any atom is 0.162 e. The van der Waals surface area contributed by atoms with E-state index < -0.39 is 11.6 Å². The van der Waals surface area contributed by atoms with Crippen LogP contribution in [0.25, 0.3) is 0 Å². The van der Waals surface area contributed by atoms with Crippen LogP contribution in [0.2, 0.25) is 0 Å². The van der Waals surface area contributed by atoms with Gasteiger partial charge in [-0.15, -0.1) is 6.58 Å². The summed E-state index contributed by atoms with van der Waals surface area (Å²) < 4.78 is 29.3. The van der Waals surface area contributed by atoms with Crippen molar-refractivity contribution in [2.24, 2.45) is 29.6 Å². The topological polar surface area (TPSA) is 0 Å². The maximum absolute atomic E-state index is 14.8. The lowest BCUT2D eigenvalue weighted by Crippen LogP contribution is -2.29. The Morgan fingerprint density at radius 2 is 1.29 bits per heavy atom. The fourth-order valence-corrected chi connectivity index (χ4v) is 7.68. The molecule has 0 bridgehead atoms. The number of hydrogen-bond acceptors (Lipinski definition) is 0. The van der Waals surface area contributed by atoms with Gasteiger partial charge in [0.1, 0.15) is 0 Å². The molecule has 0 spiro atoms. The van der Waals surface area contributed by atoms with E-state index in [4.69, 9.17) is 0 Å². The summed E-state index contributed by atoms with van der Waals surface area (Å²) in [4.78, 5) is 0. The third-order valence-electron chi connectivity index (χ3n) is 9.84. The van der Waals surface area contributed by atoms with Gasteiger partial charge in [0.15, 0.2) is 11.6 Å². The van der Waals surface area contributed by atoms with Crippen LogP contribution in [0.5, 0.6) is 0 Å². The van der Waals surface area contributed by atoms with E-state index in [1.165, 1.54) is 64.2 Å². The van der Waals surface area contributed by atoms with Crippen molar-refractivity contribution in [1.29, 1.82) is 0 Å². The van der Waals surface area contributed by atoms with Crippen LogP contribution in [-0.2, 0) is 6.42 Å². The Kier molecular flexibility index (Phi) is 10.0. The Balaban J connectivity index is 1.19. The van der Waals surface area contributed by atoms with Gasteiger partial charge < -0.3 is 0 Å². The molecule has 0 aromatic heterocycles. The van der Waals surface area contributed by atoms with Crippen molar-refractivity contribution < 1.29 is 8.78 Å². The molecule has 0 aliphatic heterocycles. The number of allylic oxidation sites excluding steroid dienone is 3. The summed E-state index contributed by atoms with van der Waals surface area (Å²) in [5.41, 5.74) is 1.17. The zero-order valence-corrected chi connectivity index (χ0v) is 22.1. The minimum absolute atomic E-state index is 0.203. The maximum atomic E-state index is 14.8. The van der Waals surface area contributed by atoms with E-state index in [9.17, 15) is 8.78 Å². The van der Waals surface area contributed by atoms with Crippen LogP contribution < -0.4 is 0 Å². The average Bonchev–Trinajstić information content (AvgIpc) is 2.90. The summed E-state index contributed by atoms with van der Waals surface area (Å²) in [5, 5.41) is 0. The molecule has 3 aliphatic carbocycles. The monoisotopic (exact) mass is 482 g/mol. The van der Waals surface area contributed by atoms with Gasteiger partial charge in [-0.3, -0.25) is 0 Å². The van der Waals surface area contributed by atoms with E-state index in [0.29, 0.717) is 17.5 Å². The second-order valence-corrected chi connectivity index (χ2v) is 11.9. The molecule has 4 rings (SSSR count). The van der Waals surface area contributed by atoms with Gasteiger partial charge >= 0.3 is 0 Å². The molecule has 0 unspecified atom stereocenters. The lowest BCUT2D eigenvalue weighted by atomic mass is 9.64. The summed E-state index contributed by atoms with van der Waals surface area (Å²) >= 11 is 0. The smallest absolute Gasteiger partial charge is 0.162 e. The second-order valence-electron chi connectivity index (χ2n) is 11.9. The molecule has 1 aromatic rings. The van der Waals surface area contributed by atoms with E-state index in [1.807, 2.05) is 25.1 Å². The highest BCUT2D eigenvalue weighted by Gasteiger charge is 2.35. The highest BCUT2D eigenvalue weighted by atomic mass is 19.2. The molecular weight excluding hydrogens is 434 g/mol. The normalized spacial score (nSPS) is 32.1. The number of halogens is 2. The lowest BCUT2D eigenvalue weighted by molar-refractivity contribution is 0.114. The molecule has 0 radical (unpaired) electrons. The first-order valence-electron chi connectivity index (χ1n) is 14.8. The van der Waals surface area contributed by atoms with E-state index in [0.717, 1.165) is 61.7 Å². The zero-order valence-electron chi connectivity index (χ0n) is 22.1. The number of rotatable bonds is 9. The highest BCUT2D eigenvalue weighted by molar-refractivity contribution is 5.29. The molecule has 3 fully saturated rings. The summed E-state index contributed by atoms with van der Waals surface area (Å²) in [6.07, 6.45) is 26.3. The summed E-state index contributed by atoms with van der Waals surface area (Å²) in [7, 11) is 0. The number of unbranched alkanes of at least 4 members (excludes halogenated alkanes) is 1. The van der Waals surface area contributed by atoms with Crippen LogP contribution in [0, 0.1) is 41.2 Å². The van der Waals surface area contributed by atoms with Crippen LogP contribution in [0.4, 0.5) is 8.78 Å². The van der Waals surface area contributed by atoms with E-state index in [-0.39, 0.29) is 5.92 Å². The average molecular weight is 483 g/mol. The van der Waals surface area contributed by atoms with Gasteiger partial charge in [0.25, 0.3) is 0 Å². The molecule has 0 heterocycles. The van der Waals surface area contributed by atoms with Crippen LogP contribution in [0.15, 0.2) is 36.9 Å². The van der Waals surface area contributed by atoms with E-state index in [2.05, 4.69) is 18.7 Å². The first-order valence-corrected chi connectivity index (χ1v) is 14.8. The molecule has 0 amide bonds. The third-order valence-corrected chi connectivity index (χ3v) is 9.84.